The van der Waals surface area contributed by atoms with Crippen LogP contribution in [0.4, 0.5) is 0 Å². The number of rotatable bonds is 6. The van der Waals surface area contributed by atoms with Gasteiger partial charge in [-0.25, -0.2) is 0 Å². The van der Waals surface area contributed by atoms with E-state index in [1.807, 2.05) is 0 Å². The summed E-state index contributed by atoms with van der Waals surface area (Å²) in [6.07, 6.45) is 6.86. The summed E-state index contributed by atoms with van der Waals surface area (Å²) in [7, 11) is 0. The van der Waals surface area contributed by atoms with Crippen LogP contribution in [0.3, 0.4) is 0 Å². The second kappa shape index (κ2) is 6.49. The second-order valence-corrected chi connectivity index (χ2v) is 4.94. The molecule has 15 heavy (non-hydrogen) atoms. The number of nitrogens with zero attached hydrogens (tertiary/aromatic N) is 1. The second-order valence-electron chi connectivity index (χ2n) is 4.94. The van der Waals surface area contributed by atoms with Crippen LogP contribution in [0.2, 0.25) is 0 Å². The molecule has 1 aliphatic rings. The first-order valence-corrected chi connectivity index (χ1v) is 6.70. The average Bonchev–Trinajstić information content (AvgIpc) is 2.77. The van der Waals surface area contributed by atoms with Crippen molar-refractivity contribution < 1.29 is 0 Å². The molecule has 2 nitrogen and oxygen atoms in total. The van der Waals surface area contributed by atoms with E-state index in [9.17, 15) is 0 Å². The van der Waals surface area contributed by atoms with Gasteiger partial charge in [0.1, 0.15) is 0 Å². The monoisotopic (exact) mass is 212 g/mol. The molecule has 0 aromatic heterocycles. The quantitative estimate of drug-likeness (QED) is 0.733. The van der Waals surface area contributed by atoms with E-state index in [2.05, 4.69) is 25.7 Å². The van der Waals surface area contributed by atoms with Gasteiger partial charge in [0.05, 0.1) is 0 Å². The van der Waals surface area contributed by atoms with E-state index in [0.717, 1.165) is 19.0 Å². The zero-order valence-corrected chi connectivity index (χ0v) is 10.7. The Labute approximate surface area is 95.2 Å². The molecule has 0 spiro atoms. The lowest BCUT2D eigenvalue weighted by atomic mass is 9.95. The number of likely N-dealkylation sites (N-methyl/N-ethyl adjacent to an activating group) is 1. The summed E-state index contributed by atoms with van der Waals surface area (Å²) in [6, 6.07) is 1.32. The number of hydrogen-bond acceptors (Lipinski definition) is 2. The highest BCUT2D eigenvalue weighted by molar-refractivity contribution is 4.85. The van der Waals surface area contributed by atoms with Gasteiger partial charge in [0.25, 0.3) is 0 Å². The van der Waals surface area contributed by atoms with Gasteiger partial charge in [-0.1, -0.05) is 26.7 Å². The maximum Gasteiger partial charge on any atom is 0.0249 e. The minimum Gasteiger partial charge on any atom is -0.329 e. The molecule has 0 bridgehead atoms. The number of hydrogen-bond donors (Lipinski definition) is 1. The van der Waals surface area contributed by atoms with E-state index in [1.54, 1.807) is 0 Å². The van der Waals surface area contributed by atoms with Crippen molar-refractivity contribution in [3.8, 4) is 0 Å². The van der Waals surface area contributed by atoms with E-state index in [4.69, 9.17) is 5.73 Å². The predicted octanol–water partition coefficient (Wildman–Crippen LogP) is 2.62. The van der Waals surface area contributed by atoms with Gasteiger partial charge < -0.3 is 5.73 Å². The lowest BCUT2D eigenvalue weighted by molar-refractivity contribution is 0.108. The zero-order chi connectivity index (χ0) is 11.3. The molecule has 0 heterocycles. The van der Waals surface area contributed by atoms with Gasteiger partial charge in [-0.3, -0.25) is 4.90 Å². The SMILES string of the molecule is CCC(C)N(CC)C(CN)C1CCCC1. The lowest BCUT2D eigenvalue weighted by Crippen LogP contribution is -2.49. The fraction of sp³-hybridized carbons (Fsp3) is 1.00. The fourth-order valence-electron chi connectivity index (χ4n) is 3.05. The smallest absolute Gasteiger partial charge is 0.0249 e. The Hall–Kier alpha value is -0.0800. The Balaban J connectivity index is 2.60. The summed E-state index contributed by atoms with van der Waals surface area (Å²) in [4.78, 5) is 2.62. The molecule has 90 valence electrons. The fourth-order valence-corrected chi connectivity index (χ4v) is 3.05. The van der Waals surface area contributed by atoms with E-state index >= 15 is 0 Å². The van der Waals surface area contributed by atoms with Crippen LogP contribution in [0.25, 0.3) is 0 Å². The van der Waals surface area contributed by atoms with Crippen LogP contribution in [0, 0.1) is 5.92 Å². The van der Waals surface area contributed by atoms with Crippen molar-refractivity contribution >= 4 is 0 Å². The van der Waals surface area contributed by atoms with Crippen LogP contribution in [0.5, 0.6) is 0 Å². The maximum atomic E-state index is 5.98. The summed E-state index contributed by atoms with van der Waals surface area (Å²) in [6.45, 7) is 8.86. The Morgan fingerprint density at radius 3 is 2.27 bits per heavy atom. The Kier molecular flexibility index (Phi) is 5.62. The molecule has 2 heteroatoms. The van der Waals surface area contributed by atoms with E-state index in [0.29, 0.717) is 12.1 Å². The van der Waals surface area contributed by atoms with Crippen LogP contribution < -0.4 is 5.73 Å². The van der Waals surface area contributed by atoms with Gasteiger partial charge in [-0.15, -0.1) is 0 Å². The molecule has 0 saturated heterocycles. The molecular weight excluding hydrogens is 184 g/mol. The Bertz CT molecular complexity index is 164. The molecule has 1 fully saturated rings. The molecule has 0 aliphatic heterocycles. The summed E-state index contributed by atoms with van der Waals surface area (Å²) in [5, 5.41) is 0. The van der Waals surface area contributed by atoms with Crippen molar-refractivity contribution in [3.05, 3.63) is 0 Å². The number of nitrogens with two attached hydrogens (primary N) is 1. The molecule has 1 rings (SSSR count). The standard InChI is InChI=1S/C13H28N2/c1-4-11(3)15(5-2)13(10-14)12-8-6-7-9-12/h11-13H,4-10,14H2,1-3H3. The molecule has 0 amide bonds. The molecule has 2 unspecified atom stereocenters. The maximum absolute atomic E-state index is 5.98. The van der Waals surface area contributed by atoms with Crippen LogP contribution in [0.1, 0.15) is 52.9 Å². The molecule has 0 radical (unpaired) electrons. The summed E-state index contributed by atoms with van der Waals surface area (Å²) >= 11 is 0. The topological polar surface area (TPSA) is 29.3 Å². The van der Waals surface area contributed by atoms with Gasteiger partial charge >= 0.3 is 0 Å². The van der Waals surface area contributed by atoms with Crippen molar-refractivity contribution in [2.45, 2.75) is 65.0 Å². The van der Waals surface area contributed by atoms with Crippen molar-refractivity contribution in [2.24, 2.45) is 11.7 Å². The third kappa shape index (κ3) is 3.18. The zero-order valence-electron chi connectivity index (χ0n) is 10.7. The molecule has 0 aromatic rings. The predicted molar refractivity (Wildman–Crippen MR) is 66.9 cm³/mol. The van der Waals surface area contributed by atoms with E-state index in [1.165, 1.54) is 32.1 Å². The van der Waals surface area contributed by atoms with Gasteiger partial charge in [0, 0.05) is 18.6 Å². The van der Waals surface area contributed by atoms with Crippen LogP contribution in [-0.4, -0.2) is 30.1 Å². The summed E-state index contributed by atoms with van der Waals surface area (Å²) in [5.74, 6) is 0.865. The Morgan fingerprint density at radius 2 is 1.87 bits per heavy atom. The first-order valence-electron chi connectivity index (χ1n) is 6.70. The molecule has 2 N–H and O–H groups in total. The van der Waals surface area contributed by atoms with Crippen molar-refractivity contribution in [1.82, 2.24) is 4.90 Å². The Morgan fingerprint density at radius 1 is 1.27 bits per heavy atom. The van der Waals surface area contributed by atoms with Crippen LogP contribution in [0.15, 0.2) is 0 Å². The van der Waals surface area contributed by atoms with E-state index in [-0.39, 0.29) is 0 Å². The highest BCUT2D eigenvalue weighted by Gasteiger charge is 2.29. The van der Waals surface area contributed by atoms with Gasteiger partial charge in [-0.05, 0) is 38.6 Å². The van der Waals surface area contributed by atoms with Gasteiger partial charge in [0.2, 0.25) is 0 Å². The molecule has 2 atom stereocenters. The summed E-state index contributed by atoms with van der Waals surface area (Å²) < 4.78 is 0. The van der Waals surface area contributed by atoms with Crippen LogP contribution >= 0.6 is 0 Å². The van der Waals surface area contributed by atoms with Crippen molar-refractivity contribution in [3.63, 3.8) is 0 Å². The largest absolute Gasteiger partial charge is 0.329 e. The van der Waals surface area contributed by atoms with Crippen molar-refractivity contribution in [2.75, 3.05) is 13.1 Å². The molecule has 1 saturated carbocycles. The summed E-state index contributed by atoms with van der Waals surface area (Å²) in [5.41, 5.74) is 5.98. The highest BCUT2D eigenvalue weighted by Crippen LogP contribution is 2.30. The molecule has 1 aliphatic carbocycles. The van der Waals surface area contributed by atoms with Crippen molar-refractivity contribution in [1.29, 1.82) is 0 Å². The minimum absolute atomic E-state index is 0.632. The normalized spacial score (nSPS) is 22.2. The lowest BCUT2D eigenvalue weighted by Gasteiger charge is -2.38. The first-order chi connectivity index (χ1) is 7.24. The minimum atomic E-state index is 0.632. The van der Waals surface area contributed by atoms with Crippen LogP contribution in [-0.2, 0) is 0 Å². The van der Waals surface area contributed by atoms with E-state index < -0.39 is 0 Å². The third-order valence-electron chi connectivity index (χ3n) is 4.13. The molecule has 0 aromatic carbocycles. The van der Waals surface area contributed by atoms with Gasteiger partial charge in [-0.2, -0.15) is 0 Å². The first kappa shape index (κ1) is 13.0. The third-order valence-corrected chi connectivity index (χ3v) is 4.13. The van der Waals surface area contributed by atoms with Gasteiger partial charge in [0.15, 0.2) is 0 Å². The average molecular weight is 212 g/mol. The molecular formula is C13H28N2. The highest BCUT2D eigenvalue weighted by atomic mass is 15.2.